The Bertz CT molecular complexity index is 1290. The lowest BCUT2D eigenvalue weighted by atomic mass is 10.1. The van der Waals surface area contributed by atoms with Crippen molar-refractivity contribution in [3.63, 3.8) is 0 Å². The summed E-state index contributed by atoms with van der Waals surface area (Å²) in [6.45, 7) is 1.65. The summed E-state index contributed by atoms with van der Waals surface area (Å²) in [6, 6.07) is 4.10. The summed E-state index contributed by atoms with van der Waals surface area (Å²) in [5.74, 6) is -1.42. The number of nitrogens with zero attached hydrogens (tertiary/aromatic N) is 1. The third-order valence-electron chi connectivity index (χ3n) is 4.49. The Kier molecular flexibility index (Phi) is 5.31. The first-order valence-electron chi connectivity index (χ1n) is 8.55. The normalized spacial score (nSPS) is 12.3. The second-order valence-electron chi connectivity index (χ2n) is 6.39. The standard InChI is InChI=1S/C20H13Cl2FN2O4S/c1-8(15-12(21)2-3-13(23)16(15)22)29-18-17-10(5-25-19(18)24)11(6-28-17)14-4-9(7-30-14)20(26)27/h2-8H,1H3,(H2,24,25)(H,26,27). The van der Waals surface area contributed by atoms with Crippen LogP contribution < -0.4 is 10.5 Å². The molecular weight excluding hydrogens is 454 g/mol. The number of hydrogen-bond donors (Lipinski definition) is 2. The van der Waals surface area contributed by atoms with Crippen molar-refractivity contribution >= 4 is 57.3 Å². The molecule has 0 spiro atoms. The second kappa shape index (κ2) is 7.79. The van der Waals surface area contributed by atoms with Gasteiger partial charge in [-0.25, -0.2) is 14.2 Å². The number of nitrogen functional groups attached to an aromatic ring is 1. The molecule has 4 aromatic rings. The first-order chi connectivity index (χ1) is 14.3. The number of ether oxygens (including phenoxy) is 1. The van der Waals surface area contributed by atoms with E-state index in [4.69, 9.17) is 43.2 Å². The van der Waals surface area contributed by atoms with Crippen LogP contribution in [-0.4, -0.2) is 16.1 Å². The Balaban J connectivity index is 1.77. The number of anilines is 1. The minimum absolute atomic E-state index is 0.0660. The Morgan fingerprint density at radius 2 is 2.17 bits per heavy atom. The lowest BCUT2D eigenvalue weighted by Gasteiger charge is -2.18. The average Bonchev–Trinajstić information content (AvgIpc) is 3.34. The number of furan rings is 1. The fourth-order valence-corrected chi connectivity index (χ4v) is 4.61. The van der Waals surface area contributed by atoms with E-state index in [1.807, 2.05) is 0 Å². The van der Waals surface area contributed by atoms with Crippen molar-refractivity contribution in [2.24, 2.45) is 0 Å². The molecule has 0 fully saturated rings. The van der Waals surface area contributed by atoms with Crippen LogP contribution in [0.15, 0.2) is 40.5 Å². The van der Waals surface area contributed by atoms with E-state index in [0.29, 0.717) is 21.4 Å². The van der Waals surface area contributed by atoms with Crippen molar-refractivity contribution in [1.29, 1.82) is 0 Å². The van der Waals surface area contributed by atoms with Gasteiger partial charge in [-0.05, 0) is 25.1 Å². The molecule has 0 amide bonds. The zero-order chi connectivity index (χ0) is 21.6. The molecular formula is C20H13Cl2FN2O4S. The van der Waals surface area contributed by atoms with Crippen LogP contribution in [0.2, 0.25) is 10.0 Å². The number of fused-ring (bicyclic) bond motifs is 1. The highest BCUT2D eigenvalue weighted by atomic mass is 35.5. The quantitative estimate of drug-likeness (QED) is 0.329. The number of hydrogen-bond acceptors (Lipinski definition) is 6. The molecule has 0 aliphatic carbocycles. The zero-order valence-corrected chi connectivity index (χ0v) is 17.6. The molecule has 0 saturated carbocycles. The molecule has 3 aromatic heterocycles. The van der Waals surface area contributed by atoms with Crippen LogP contribution in [0.4, 0.5) is 10.2 Å². The highest BCUT2D eigenvalue weighted by molar-refractivity contribution is 7.14. The molecule has 0 bridgehead atoms. The van der Waals surface area contributed by atoms with Crippen molar-refractivity contribution in [2.45, 2.75) is 13.0 Å². The minimum Gasteiger partial charge on any atom is -0.478 e. The smallest absolute Gasteiger partial charge is 0.336 e. The fraction of sp³-hybridized carbons (Fsp3) is 0.100. The van der Waals surface area contributed by atoms with E-state index in [9.17, 15) is 9.18 Å². The van der Waals surface area contributed by atoms with Crippen LogP contribution in [0.5, 0.6) is 5.75 Å². The van der Waals surface area contributed by atoms with E-state index in [2.05, 4.69) is 4.98 Å². The van der Waals surface area contributed by atoms with E-state index in [-0.39, 0.29) is 32.7 Å². The highest BCUT2D eigenvalue weighted by Gasteiger charge is 2.23. The molecule has 1 unspecified atom stereocenters. The fourth-order valence-electron chi connectivity index (χ4n) is 3.03. The number of carboxylic acids is 1. The van der Waals surface area contributed by atoms with Crippen LogP contribution in [0.3, 0.4) is 0 Å². The van der Waals surface area contributed by atoms with Crippen LogP contribution >= 0.6 is 34.5 Å². The predicted molar refractivity (Wildman–Crippen MR) is 114 cm³/mol. The number of carboxylic acid groups (broad SMARTS) is 1. The van der Waals surface area contributed by atoms with Crippen LogP contribution in [-0.2, 0) is 0 Å². The van der Waals surface area contributed by atoms with Gasteiger partial charge < -0.3 is 20.0 Å². The predicted octanol–water partition coefficient (Wildman–Crippen LogP) is 6.42. The van der Waals surface area contributed by atoms with Gasteiger partial charge in [-0.2, -0.15) is 0 Å². The summed E-state index contributed by atoms with van der Waals surface area (Å²) in [6.07, 6.45) is 2.23. The summed E-state index contributed by atoms with van der Waals surface area (Å²) >= 11 is 13.5. The number of nitrogens with two attached hydrogens (primary N) is 1. The van der Waals surface area contributed by atoms with Gasteiger partial charge in [-0.3, -0.25) is 0 Å². The third kappa shape index (κ3) is 3.47. The summed E-state index contributed by atoms with van der Waals surface area (Å²) < 4.78 is 25.5. The molecule has 3 N–H and O–H groups in total. The molecule has 0 radical (unpaired) electrons. The topological polar surface area (TPSA) is 98.6 Å². The van der Waals surface area contributed by atoms with Crippen molar-refractivity contribution in [3.05, 3.63) is 63.0 Å². The maximum Gasteiger partial charge on any atom is 0.336 e. The number of halogens is 3. The van der Waals surface area contributed by atoms with E-state index < -0.39 is 17.9 Å². The molecule has 30 heavy (non-hydrogen) atoms. The van der Waals surface area contributed by atoms with Crippen LogP contribution in [0, 0.1) is 5.82 Å². The van der Waals surface area contributed by atoms with Gasteiger partial charge in [-0.1, -0.05) is 23.2 Å². The molecule has 1 aromatic carbocycles. The molecule has 0 aliphatic rings. The maximum absolute atomic E-state index is 13.9. The van der Waals surface area contributed by atoms with E-state index in [1.165, 1.54) is 41.3 Å². The van der Waals surface area contributed by atoms with Gasteiger partial charge in [0.05, 0.1) is 16.0 Å². The van der Waals surface area contributed by atoms with Crippen molar-refractivity contribution in [2.75, 3.05) is 5.73 Å². The van der Waals surface area contributed by atoms with Crippen LogP contribution in [0.25, 0.3) is 21.4 Å². The van der Waals surface area contributed by atoms with Gasteiger partial charge >= 0.3 is 5.97 Å². The molecule has 1 atom stereocenters. The monoisotopic (exact) mass is 466 g/mol. The van der Waals surface area contributed by atoms with Crippen molar-refractivity contribution in [3.8, 4) is 16.2 Å². The Hall–Kier alpha value is -2.81. The number of aromatic carboxylic acids is 1. The third-order valence-corrected chi connectivity index (χ3v) is 6.17. The lowest BCUT2D eigenvalue weighted by Crippen LogP contribution is -2.08. The lowest BCUT2D eigenvalue weighted by molar-refractivity contribution is 0.0697. The largest absolute Gasteiger partial charge is 0.478 e. The number of aromatic nitrogens is 1. The molecule has 0 saturated heterocycles. The van der Waals surface area contributed by atoms with Crippen LogP contribution in [0.1, 0.15) is 28.9 Å². The summed E-state index contributed by atoms with van der Waals surface area (Å²) in [5.41, 5.74) is 7.41. The first-order valence-corrected chi connectivity index (χ1v) is 10.2. The SMILES string of the molecule is CC(Oc1c(N)ncc2c(-c3cc(C(=O)O)cs3)coc12)c1c(Cl)ccc(F)c1Cl. The van der Waals surface area contributed by atoms with Gasteiger partial charge in [0.15, 0.2) is 11.4 Å². The summed E-state index contributed by atoms with van der Waals surface area (Å²) in [5, 5.41) is 11.4. The number of thiophene rings is 1. The molecule has 0 aliphatic heterocycles. The van der Waals surface area contributed by atoms with E-state index in [0.717, 1.165) is 0 Å². The average molecular weight is 467 g/mol. The zero-order valence-electron chi connectivity index (χ0n) is 15.3. The molecule has 154 valence electrons. The van der Waals surface area contributed by atoms with E-state index >= 15 is 0 Å². The van der Waals surface area contributed by atoms with Gasteiger partial charge in [0.2, 0.25) is 5.75 Å². The number of rotatable bonds is 5. The highest BCUT2D eigenvalue weighted by Crippen LogP contribution is 2.42. The first kappa shape index (κ1) is 20.5. The van der Waals surface area contributed by atoms with Gasteiger partial charge in [-0.15, -0.1) is 11.3 Å². The molecule has 6 nitrogen and oxygen atoms in total. The van der Waals surface area contributed by atoms with Gasteiger partial charge in [0.25, 0.3) is 0 Å². The number of benzene rings is 1. The minimum atomic E-state index is -1.02. The second-order valence-corrected chi connectivity index (χ2v) is 8.08. The number of pyridine rings is 1. The van der Waals surface area contributed by atoms with Gasteiger partial charge in [0, 0.05) is 32.6 Å². The Labute approximate surface area is 183 Å². The summed E-state index contributed by atoms with van der Waals surface area (Å²) in [4.78, 5) is 16.0. The molecule has 4 rings (SSSR count). The summed E-state index contributed by atoms with van der Waals surface area (Å²) in [7, 11) is 0. The van der Waals surface area contributed by atoms with Gasteiger partial charge in [0.1, 0.15) is 18.2 Å². The Morgan fingerprint density at radius 1 is 1.40 bits per heavy atom. The number of carbonyl (C=O) groups is 1. The molecule has 10 heteroatoms. The maximum atomic E-state index is 13.9. The van der Waals surface area contributed by atoms with Crippen molar-refractivity contribution < 1.29 is 23.4 Å². The van der Waals surface area contributed by atoms with E-state index in [1.54, 1.807) is 13.0 Å². The molecule has 3 heterocycles. The van der Waals surface area contributed by atoms with Crippen molar-refractivity contribution in [1.82, 2.24) is 4.98 Å². The Morgan fingerprint density at radius 3 is 2.87 bits per heavy atom.